The SMILES string of the molecule is CC(C)(C)c1cc(NC(=O)Nc2ccc(C#Cc3cn4c(n3)sc3nc(OCCCN5CCOCC5)cnc34)cc2)no1. The van der Waals surface area contributed by atoms with Crippen LogP contribution in [0, 0.1) is 11.8 Å². The number of hydrogen-bond donors (Lipinski definition) is 2. The summed E-state index contributed by atoms with van der Waals surface area (Å²) in [7, 11) is 0. The average molecular weight is 601 g/mol. The highest BCUT2D eigenvalue weighted by molar-refractivity contribution is 7.23. The Morgan fingerprint density at radius 2 is 1.93 bits per heavy atom. The zero-order valence-electron chi connectivity index (χ0n) is 24.2. The molecule has 0 radical (unpaired) electrons. The second-order valence-electron chi connectivity index (χ2n) is 11.1. The van der Waals surface area contributed by atoms with Crippen molar-refractivity contribution < 1.29 is 18.8 Å². The van der Waals surface area contributed by atoms with Gasteiger partial charge in [0, 0.05) is 48.6 Å². The van der Waals surface area contributed by atoms with Gasteiger partial charge in [-0.3, -0.25) is 14.6 Å². The molecule has 0 bridgehead atoms. The van der Waals surface area contributed by atoms with Gasteiger partial charge in [-0.1, -0.05) is 43.2 Å². The molecule has 222 valence electrons. The summed E-state index contributed by atoms with van der Waals surface area (Å²) in [5.41, 5.74) is 2.55. The number of imidazole rings is 1. The van der Waals surface area contributed by atoms with Gasteiger partial charge in [-0.15, -0.1) is 0 Å². The Bertz CT molecular complexity index is 1790. The van der Waals surface area contributed by atoms with Crippen LogP contribution in [0.5, 0.6) is 5.88 Å². The Hall–Kier alpha value is -4.51. The largest absolute Gasteiger partial charge is 0.476 e. The van der Waals surface area contributed by atoms with E-state index in [2.05, 4.69) is 47.5 Å². The van der Waals surface area contributed by atoms with Gasteiger partial charge in [-0.05, 0) is 36.6 Å². The van der Waals surface area contributed by atoms with Gasteiger partial charge in [0.1, 0.15) is 11.5 Å². The quantitative estimate of drug-likeness (QED) is 0.200. The summed E-state index contributed by atoms with van der Waals surface area (Å²) < 4.78 is 18.4. The van der Waals surface area contributed by atoms with Gasteiger partial charge < -0.3 is 19.3 Å². The number of urea groups is 1. The van der Waals surface area contributed by atoms with E-state index >= 15 is 0 Å². The van der Waals surface area contributed by atoms with Crippen molar-refractivity contribution in [1.29, 1.82) is 0 Å². The molecule has 6 rings (SSSR count). The zero-order chi connectivity index (χ0) is 29.8. The molecular weight excluding hydrogens is 568 g/mol. The fourth-order valence-corrected chi connectivity index (χ4v) is 5.35. The number of amides is 2. The van der Waals surface area contributed by atoms with Crippen molar-refractivity contribution in [3.63, 3.8) is 0 Å². The van der Waals surface area contributed by atoms with Crippen LogP contribution in [0.15, 0.2) is 47.2 Å². The number of hydrogen-bond acceptors (Lipinski definition) is 10. The van der Waals surface area contributed by atoms with Gasteiger partial charge in [0.15, 0.2) is 21.3 Å². The van der Waals surface area contributed by atoms with E-state index in [4.69, 9.17) is 14.0 Å². The summed E-state index contributed by atoms with van der Waals surface area (Å²) in [5, 5.41) is 9.36. The van der Waals surface area contributed by atoms with Crippen LogP contribution in [-0.4, -0.2) is 74.9 Å². The number of nitrogens with zero attached hydrogens (tertiary/aromatic N) is 6. The van der Waals surface area contributed by atoms with E-state index in [0.717, 1.165) is 60.3 Å². The molecular formula is C30H32N8O4S. The van der Waals surface area contributed by atoms with Crippen molar-refractivity contribution in [3.8, 4) is 17.7 Å². The first-order valence-corrected chi connectivity index (χ1v) is 14.9. The van der Waals surface area contributed by atoms with E-state index in [0.29, 0.717) is 35.4 Å². The summed E-state index contributed by atoms with van der Waals surface area (Å²) in [6, 6.07) is 8.53. The average Bonchev–Trinajstić information content (AvgIpc) is 3.70. The van der Waals surface area contributed by atoms with Crippen molar-refractivity contribution >= 4 is 44.3 Å². The molecule has 43 heavy (non-hydrogen) atoms. The van der Waals surface area contributed by atoms with Crippen molar-refractivity contribution in [1.82, 2.24) is 29.4 Å². The summed E-state index contributed by atoms with van der Waals surface area (Å²) in [6.45, 7) is 11.1. The predicted octanol–water partition coefficient (Wildman–Crippen LogP) is 4.77. The molecule has 2 N–H and O–H groups in total. The molecule has 1 saturated heterocycles. The maximum atomic E-state index is 12.4. The molecule has 1 aromatic carbocycles. The summed E-state index contributed by atoms with van der Waals surface area (Å²) in [6.07, 6.45) is 4.43. The molecule has 0 aliphatic carbocycles. The second-order valence-corrected chi connectivity index (χ2v) is 12.1. The number of morpholine rings is 1. The van der Waals surface area contributed by atoms with E-state index in [9.17, 15) is 4.79 Å². The molecule has 12 nitrogen and oxygen atoms in total. The minimum Gasteiger partial charge on any atom is -0.476 e. The van der Waals surface area contributed by atoms with Gasteiger partial charge in [-0.2, -0.15) is 4.98 Å². The van der Waals surface area contributed by atoms with Crippen LogP contribution >= 0.6 is 11.3 Å². The Morgan fingerprint density at radius 1 is 1.12 bits per heavy atom. The number of aromatic nitrogens is 5. The number of benzene rings is 1. The Morgan fingerprint density at radius 3 is 2.70 bits per heavy atom. The molecule has 0 atom stereocenters. The summed E-state index contributed by atoms with van der Waals surface area (Å²) in [4.78, 5) is 30.1. The fraction of sp³-hybridized carbons (Fsp3) is 0.367. The monoisotopic (exact) mass is 600 g/mol. The van der Waals surface area contributed by atoms with Crippen LogP contribution < -0.4 is 15.4 Å². The number of fused-ring (bicyclic) bond motifs is 3. The fourth-order valence-electron chi connectivity index (χ4n) is 4.42. The molecule has 13 heteroatoms. The highest BCUT2D eigenvalue weighted by atomic mass is 32.1. The first kappa shape index (κ1) is 28.6. The third-order valence-electron chi connectivity index (χ3n) is 6.73. The number of ether oxygens (including phenoxy) is 2. The third kappa shape index (κ3) is 7.11. The number of carbonyl (C=O) groups is 1. The molecule has 0 spiro atoms. The maximum Gasteiger partial charge on any atom is 0.324 e. The molecule has 2 amide bonds. The molecule has 4 aromatic heterocycles. The number of thiazole rings is 1. The number of carbonyl (C=O) groups excluding carboxylic acids is 1. The third-order valence-corrected chi connectivity index (χ3v) is 7.67. The highest BCUT2D eigenvalue weighted by Crippen LogP contribution is 2.26. The van der Waals surface area contributed by atoms with Crippen molar-refractivity contribution in [3.05, 3.63) is 59.7 Å². The minimum atomic E-state index is -0.413. The summed E-state index contributed by atoms with van der Waals surface area (Å²) in [5.74, 6) is 7.78. The lowest BCUT2D eigenvalue weighted by molar-refractivity contribution is 0.0357. The predicted molar refractivity (Wildman–Crippen MR) is 164 cm³/mol. The van der Waals surface area contributed by atoms with Crippen LogP contribution in [0.25, 0.3) is 15.4 Å². The normalized spacial score (nSPS) is 14.0. The first-order chi connectivity index (χ1) is 20.8. The maximum absolute atomic E-state index is 12.4. The summed E-state index contributed by atoms with van der Waals surface area (Å²) >= 11 is 1.44. The molecule has 0 saturated carbocycles. The Labute approximate surface area is 252 Å². The van der Waals surface area contributed by atoms with Crippen LogP contribution in [0.1, 0.15) is 44.2 Å². The Kier molecular flexibility index (Phi) is 8.24. The van der Waals surface area contributed by atoms with Gasteiger partial charge in [0.2, 0.25) is 5.88 Å². The van der Waals surface area contributed by atoms with Gasteiger partial charge >= 0.3 is 6.03 Å². The van der Waals surface area contributed by atoms with Crippen molar-refractivity contribution in [2.75, 3.05) is 50.1 Å². The standard InChI is InChI=1S/C30H32N8O4S/c1-30(2,3)23-17-24(36-42-23)34-28(39)32-21-8-5-20(6-9-21)7-10-22-19-38-26-27(43-29(38)33-22)35-25(18-31-26)41-14-4-11-37-12-15-40-16-13-37/h5-6,8-9,17-19H,4,11-16H2,1-3H3,(H2,32,34,36,39). The lowest BCUT2D eigenvalue weighted by atomic mass is 9.93. The van der Waals surface area contributed by atoms with E-state index in [1.54, 1.807) is 24.4 Å². The zero-order valence-corrected chi connectivity index (χ0v) is 25.0. The van der Waals surface area contributed by atoms with Gasteiger partial charge in [0.25, 0.3) is 0 Å². The van der Waals surface area contributed by atoms with E-state index < -0.39 is 6.03 Å². The Balaban J connectivity index is 1.03. The van der Waals surface area contributed by atoms with Crippen LogP contribution in [0.4, 0.5) is 16.3 Å². The smallest absolute Gasteiger partial charge is 0.324 e. The van der Waals surface area contributed by atoms with E-state index in [-0.39, 0.29) is 5.41 Å². The highest BCUT2D eigenvalue weighted by Gasteiger charge is 2.20. The molecule has 5 heterocycles. The topological polar surface area (TPSA) is 132 Å². The van der Waals surface area contributed by atoms with Gasteiger partial charge in [-0.25, -0.2) is 14.8 Å². The van der Waals surface area contributed by atoms with Gasteiger partial charge in [0.05, 0.1) is 26.0 Å². The van der Waals surface area contributed by atoms with Crippen molar-refractivity contribution in [2.45, 2.75) is 32.6 Å². The molecule has 1 aliphatic heterocycles. The molecule has 5 aromatic rings. The number of anilines is 2. The molecule has 1 fully saturated rings. The number of rotatable bonds is 7. The van der Waals surface area contributed by atoms with E-state index in [1.807, 2.05) is 43.5 Å². The van der Waals surface area contributed by atoms with Crippen LogP contribution in [0.2, 0.25) is 0 Å². The first-order valence-electron chi connectivity index (χ1n) is 14.0. The second kappa shape index (κ2) is 12.4. The van der Waals surface area contributed by atoms with Crippen LogP contribution in [0.3, 0.4) is 0 Å². The van der Waals surface area contributed by atoms with Crippen LogP contribution in [-0.2, 0) is 10.2 Å². The lowest BCUT2D eigenvalue weighted by Crippen LogP contribution is -2.37. The van der Waals surface area contributed by atoms with E-state index in [1.165, 1.54) is 11.3 Å². The minimum absolute atomic E-state index is 0.197. The molecule has 0 unspecified atom stereocenters. The molecule has 1 aliphatic rings. The van der Waals surface area contributed by atoms with Crippen molar-refractivity contribution in [2.24, 2.45) is 0 Å². The number of nitrogens with one attached hydrogen (secondary N) is 2. The lowest BCUT2D eigenvalue weighted by Gasteiger charge is -2.26.